The summed E-state index contributed by atoms with van der Waals surface area (Å²) in [5.41, 5.74) is 5.18. The normalized spacial score (nSPS) is 10.2. The van der Waals surface area contributed by atoms with E-state index in [-0.39, 0.29) is 5.56 Å². The molecule has 2 rings (SSSR count). The number of aromatic nitrogens is 1. The number of H-pyrrole nitrogens is 1. The van der Waals surface area contributed by atoms with E-state index in [2.05, 4.69) is 17.3 Å². The molecule has 0 spiro atoms. The average Bonchev–Trinajstić information content (AvgIpc) is 2.42. The molecule has 0 aliphatic carbocycles. The number of ether oxygens (including phenoxy) is 1. The van der Waals surface area contributed by atoms with Gasteiger partial charge in [-0.25, -0.2) is 0 Å². The Morgan fingerprint density at radius 1 is 1.42 bits per heavy atom. The maximum Gasteiger partial charge on any atom is 0.255 e. The first kappa shape index (κ1) is 13.2. The lowest BCUT2D eigenvalue weighted by atomic mass is 10.1. The molecule has 0 fully saturated rings. The number of aromatic amines is 1. The molecule has 0 saturated carbocycles. The van der Waals surface area contributed by atoms with Gasteiger partial charge >= 0.3 is 0 Å². The second kappa shape index (κ2) is 5.59. The molecule has 98 valence electrons. The van der Waals surface area contributed by atoms with E-state index in [4.69, 9.17) is 4.74 Å². The monoisotopic (exact) mass is 255 g/mol. The zero-order chi connectivity index (χ0) is 13.8. The van der Waals surface area contributed by atoms with Crippen molar-refractivity contribution in [2.24, 2.45) is 0 Å². The van der Waals surface area contributed by atoms with E-state index in [1.807, 2.05) is 31.2 Å². The van der Waals surface area contributed by atoms with Crippen molar-refractivity contribution in [3.63, 3.8) is 0 Å². The van der Waals surface area contributed by atoms with Crippen LogP contribution in [0.4, 0.5) is 0 Å². The van der Waals surface area contributed by atoms with Crippen molar-refractivity contribution in [1.29, 1.82) is 0 Å². The van der Waals surface area contributed by atoms with Gasteiger partial charge in [-0.15, -0.1) is 5.73 Å². The smallest absolute Gasteiger partial charge is 0.255 e. The van der Waals surface area contributed by atoms with E-state index in [0.29, 0.717) is 17.9 Å². The van der Waals surface area contributed by atoms with Gasteiger partial charge in [-0.3, -0.25) is 4.79 Å². The SMILES string of the molecule is C=C=C(C)CCOc1c(C)c(=O)[nH]c2ccccc12. The van der Waals surface area contributed by atoms with Crippen molar-refractivity contribution in [1.82, 2.24) is 4.98 Å². The van der Waals surface area contributed by atoms with Crippen LogP contribution in [-0.2, 0) is 0 Å². The quantitative estimate of drug-likeness (QED) is 0.851. The number of fused-ring (bicyclic) bond motifs is 1. The fourth-order valence-corrected chi connectivity index (χ4v) is 1.89. The Balaban J connectivity index is 2.38. The highest BCUT2D eigenvalue weighted by molar-refractivity contribution is 5.85. The summed E-state index contributed by atoms with van der Waals surface area (Å²) < 4.78 is 5.79. The van der Waals surface area contributed by atoms with Crippen molar-refractivity contribution in [3.05, 3.63) is 58.1 Å². The first-order chi connectivity index (χ1) is 9.13. The third-order valence-corrected chi connectivity index (χ3v) is 3.13. The van der Waals surface area contributed by atoms with Crippen molar-refractivity contribution in [3.8, 4) is 5.75 Å². The number of pyridine rings is 1. The van der Waals surface area contributed by atoms with Crippen molar-refractivity contribution >= 4 is 10.9 Å². The molecule has 3 heteroatoms. The van der Waals surface area contributed by atoms with Crippen molar-refractivity contribution < 1.29 is 4.74 Å². The van der Waals surface area contributed by atoms with Gasteiger partial charge in [-0.05, 0) is 31.6 Å². The lowest BCUT2D eigenvalue weighted by molar-refractivity contribution is 0.323. The molecule has 19 heavy (non-hydrogen) atoms. The fourth-order valence-electron chi connectivity index (χ4n) is 1.89. The molecule has 1 aromatic heterocycles. The van der Waals surface area contributed by atoms with E-state index in [1.165, 1.54) is 0 Å². The van der Waals surface area contributed by atoms with Crippen LogP contribution in [0.3, 0.4) is 0 Å². The summed E-state index contributed by atoms with van der Waals surface area (Å²) in [5, 5.41) is 0.930. The summed E-state index contributed by atoms with van der Waals surface area (Å²) in [6, 6.07) is 7.64. The minimum absolute atomic E-state index is 0.107. The first-order valence-corrected chi connectivity index (χ1v) is 6.23. The van der Waals surface area contributed by atoms with E-state index in [9.17, 15) is 4.79 Å². The Labute approximate surface area is 112 Å². The number of para-hydroxylation sites is 1. The molecular weight excluding hydrogens is 238 g/mol. The second-order valence-corrected chi connectivity index (χ2v) is 4.51. The van der Waals surface area contributed by atoms with Crippen LogP contribution in [0.25, 0.3) is 10.9 Å². The third-order valence-electron chi connectivity index (χ3n) is 3.13. The molecular formula is C16H17NO2. The Morgan fingerprint density at radius 3 is 2.89 bits per heavy atom. The lowest BCUT2D eigenvalue weighted by Crippen LogP contribution is -2.12. The van der Waals surface area contributed by atoms with E-state index in [0.717, 1.165) is 22.9 Å². The average molecular weight is 255 g/mol. The fraction of sp³-hybridized carbons (Fsp3) is 0.250. The summed E-state index contributed by atoms with van der Waals surface area (Å²) in [6.07, 6.45) is 0.754. The molecule has 2 aromatic rings. The van der Waals surface area contributed by atoms with Crippen LogP contribution in [0.15, 0.2) is 46.9 Å². The van der Waals surface area contributed by atoms with Crippen LogP contribution in [-0.4, -0.2) is 11.6 Å². The molecule has 0 saturated heterocycles. The Bertz CT molecular complexity index is 706. The lowest BCUT2D eigenvalue weighted by Gasteiger charge is -2.11. The Morgan fingerprint density at radius 2 is 2.16 bits per heavy atom. The highest BCUT2D eigenvalue weighted by Crippen LogP contribution is 2.25. The highest BCUT2D eigenvalue weighted by atomic mass is 16.5. The number of rotatable bonds is 4. The van der Waals surface area contributed by atoms with Gasteiger partial charge in [0.1, 0.15) is 5.75 Å². The minimum atomic E-state index is -0.107. The number of hydrogen-bond donors (Lipinski definition) is 1. The van der Waals surface area contributed by atoms with Crippen LogP contribution in [0.1, 0.15) is 18.9 Å². The molecule has 1 aromatic carbocycles. The van der Waals surface area contributed by atoms with Gasteiger partial charge < -0.3 is 9.72 Å². The molecule has 0 atom stereocenters. The van der Waals surface area contributed by atoms with Gasteiger partial charge in [-0.2, -0.15) is 0 Å². The number of benzene rings is 1. The molecule has 1 N–H and O–H groups in total. The van der Waals surface area contributed by atoms with Gasteiger partial charge in [0.15, 0.2) is 0 Å². The van der Waals surface area contributed by atoms with Crippen LogP contribution in [0, 0.1) is 6.92 Å². The van der Waals surface area contributed by atoms with E-state index >= 15 is 0 Å². The van der Waals surface area contributed by atoms with Crippen molar-refractivity contribution in [2.75, 3.05) is 6.61 Å². The summed E-state index contributed by atoms with van der Waals surface area (Å²) >= 11 is 0. The highest BCUT2D eigenvalue weighted by Gasteiger charge is 2.09. The summed E-state index contributed by atoms with van der Waals surface area (Å²) in [5.74, 6) is 0.663. The maximum absolute atomic E-state index is 11.8. The standard InChI is InChI=1S/C16H17NO2/c1-4-11(2)9-10-19-15-12(3)16(18)17-14-8-6-5-7-13(14)15/h5-8H,1,9-10H2,2-3H3,(H,17,18). The molecule has 0 radical (unpaired) electrons. The minimum Gasteiger partial charge on any atom is -0.492 e. The molecule has 0 amide bonds. The largest absolute Gasteiger partial charge is 0.492 e. The maximum atomic E-state index is 11.8. The molecule has 0 aliphatic heterocycles. The zero-order valence-corrected chi connectivity index (χ0v) is 11.2. The van der Waals surface area contributed by atoms with Crippen LogP contribution >= 0.6 is 0 Å². The van der Waals surface area contributed by atoms with Crippen LogP contribution < -0.4 is 10.3 Å². The van der Waals surface area contributed by atoms with Gasteiger partial charge in [0, 0.05) is 11.8 Å². The topological polar surface area (TPSA) is 42.1 Å². The van der Waals surface area contributed by atoms with Crippen LogP contribution in [0.2, 0.25) is 0 Å². The molecule has 0 bridgehead atoms. The molecule has 0 aliphatic rings. The summed E-state index contributed by atoms with van der Waals surface area (Å²) in [7, 11) is 0. The molecule has 3 nitrogen and oxygen atoms in total. The molecule has 1 heterocycles. The predicted octanol–water partition coefficient (Wildman–Crippen LogP) is 3.34. The summed E-state index contributed by atoms with van der Waals surface area (Å²) in [4.78, 5) is 14.7. The zero-order valence-electron chi connectivity index (χ0n) is 11.2. The Kier molecular flexibility index (Phi) is 3.88. The second-order valence-electron chi connectivity index (χ2n) is 4.51. The van der Waals surface area contributed by atoms with Gasteiger partial charge in [0.05, 0.1) is 17.7 Å². The van der Waals surface area contributed by atoms with Crippen LogP contribution in [0.5, 0.6) is 5.75 Å². The van der Waals surface area contributed by atoms with Gasteiger partial charge in [0.25, 0.3) is 5.56 Å². The predicted molar refractivity (Wildman–Crippen MR) is 77.7 cm³/mol. The molecule has 0 unspecified atom stereocenters. The Hall–Kier alpha value is -2.25. The first-order valence-electron chi connectivity index (χ1n) is 6.23. The number of hydrogen-bond acceptors (Lipinski definition) is 2. The number of nitrogens with one attached hydrogen (secondary N) is 1. The van der Waals surface area contributed by atoms with E-state index < -0.39 is 0 Å². The summed E-state index contributed by atoms with van der Waals surface area (Å²) in [6.45, 7) is 7.84. The third kappa shape index (κ3) is 2.78. The van der Waals surface area contributed by atoms with Crippen molar-refractivity contribution in [2.45, 2.75) is 20.3 Å². The van der Waals surface area contributed by atoms with Gasteiger partial charge in [0.2, 0.25) is 0 Å². The van der Waals surface area contributed by atoms with E-state index in [1.54, 1.807) is 6.92 Å². The van der Waals surface area contributed by atoms with Gasteiger partial charge in [-0.1, -0.05) is 18.7 Å².